The monoisotopic (exact) mass is 297 g/mol. The number of carbonyl (C=O) groups is 1. The maximum atomic E-state index is 12.1. The molecule has 4 nitrogen and oxygen atoms in total. The largest absolute Gasteiger partial charge is 0.349 e. The summed E-state index contributed by atoms with van der Waals surface area (Å²) in [6.07, 6.45) is 5.10. The molecule has 0 saturated heterocycles. The molecule has 2 aromatic rings. The van der Waals surface area contributed by atoms with Gasteiger partial charge in [-0.1, -0.05) is 24.1 Å². The second kappa shape index (κ2) is 5.95. The van der Waals surface area contributed by atoms with E-state index in [0.29, 0.717) is 0 Å². The zero-order valence-electron chi connectivity index (χ0n) is 13.5. The number of amides is 1. The molecule has 22 heavy (non-hydrogen) atoms. The molecule has 1 aliphatic carbocycles. The molecule has 116 valence electrons. The summed E-state index contributed by atoms with van der Waals surface area (Å²) in [7, 11) is 0. The van der Waals surface area contributed by atoms with E-state index in [1.165, 1.54) is 12.0 Å². The van der Waals surface area contributed by atoms with E-state index >= 15 is 0 Å². The van der Waals surface area contributed by atoms with Gasteiger partial charge < -0.3 is 5.32 Å². The fourth-order valence-corrected chi connectivity index (χ4v) is 2.87. The molecule has 1 aliphatic rings. The van der Waals surface area contributed by atoms with E-state index in [2.05, 4.69) is 41.6 Å². The van der Waals surface area contributed by atoms with Crippen molar-refractivity contribution in [2.75, 3.05) is 0 Å². The van der Waals surface area contributed by atoms with Gasteiger partial charge in [-0.3, -0.25) is 4.79 Å². The fourth-order valence-electron chi connectivity index (χ4n) is 2.87. The average molecular weight is 297 g/mol. The number of nitrogens with zero attached hydrogens (tertiary/aromatic N) is 2. The van der Waals surface area contributed by atoms with Gasteiger partial charge in [-0.05, 0) is 45.7 Å². The summed E-state index contributed by atoms with van der Waals surface area (Å²) in [4.78, 5) is 12.1. The average Bonchev–Trinajstić information content (AvgIpc) is 2.79. The van der Waals surface area contributed by atoms with Crippen LogP contribution < -0.4 is 5.32 Å². The van der Waals surface area contributed by atoms with Crippen LogP contribution in [0.25, 0.3) is 5.69 Å². The number of hydrogen-bond donors (Lipinski definition) is 1. The van der Waals surface area contributed by atoms with Crippen molar-refractivity contribution in [3.05, 3.63) is 47.3 Å². The van der Waals surface area contributed by atoms with Crippen LogP contribution in [0.4, 0.5) is 0 Å². The number of nitrogens with one attached hydrogen (secondary N) is 1. The van der Waals surface area contributed by atoms with Crippen molar-refractivity contribution in [3.8, 4) is 5.69 Å². The highest BCUT2D eigenvalue weighted by Gasteiger charge is 2.27. The molecule has 4 heteroatoms. The second-order valence-electron chi connectivity index (χ2n) is 6.29. The van der Waals surface area contributed by atoms with Crippen LogP contribution in [0.3, 0.4) is 0 Å². The van der Waals surface area contributed by atoms with Gasteiger partial charge in [-0.25, -0.2) is 4.68 Å². The number of rotatable bonds is 4. The van der Waals surface area contributed by atoms with E-state index in [4.69, 9.17) is 0 Å². The molecule has 1 unspecified atom stereocenters. The molecule has 1 atom stereocenters. The van der Waals surface area contributed by atoms with Crippen LogP contribution in [0, 0.1) is 19.8 Å². The molecule has 1 aromatic heterocycles. The summed E-state index contributed by atoms with van der Waals surface area (Å²) in [6, 6.07) is 8.29. The smallest absolute Gasteiger partial charge is 0.223 e. The van der Waals surface area contributed by atoms with Crippen molar-refractivity contribution in [2.45, 2.75) is 46.1 Å². The van der Waals surface area contributed by atoms with Crippen molar-refractivity contribution >= 4 is 5.91 Å². The van der Waals surface area contributed by atoms with Crippen LogP contribution in [0.15, 0.2) is 30.5 Å². The number of hydrogen-bond acceptors (Lipinski definition) is 2. The fraction of sp³-hybridized carbons (Fsp3) is 0.444. The van der Waals surface area contributed by atoms with E-state index in [1.54, 1.807) is 0 Å². The maximum absolute atomic E-state index is 12.1. The molecule has 1 saturated carbocycles. The number of aromatic nitrogens is 2. The standard InChI is InChI=1S/C18H23N3O/c1-12-7-9-16(10-8-12)21-14(3)17(11-19-21)13(2)20-18(22)15-5-4-6-15/h7-11,13,15H,4-6H2,1-3H3,(H,20,22). The molecule has 0 bridgehead atoms. The molecule has 1 aromatic carbocycles. The normalized spacial score (nSPS) is 16.1. The topological polar surface area (TPSA) is 46.9 Å². The molecule has 1 amide bonds. The molecule has 0 radical (unpaired) electrons. The second-order valence-corrected chi connectivity index (χ2v) is 6.29. The Labute approximate surface area is 131 Å². The lowest BCUT2D eigenvalue weighted by Gasteiger charge is -2.26. The van der Waals surface area contributed by atoms with Gasteiger partial charge in [-0.15, -0.1) is 0 Å². The van der Waals surface area contributed by atoms with Gasteiger partial charge in [-0.2, -0.15) is 5.10 Å². The molecule has 3 rings (SSSR count). The molecule has 1 fully saturated rings. The SMILES string of the molecule is Cc1ccc(-n2ncc(C(C)NC(=O)C3CCC3)c2C)cc1. The first kappa shape index (κ1) is 14.8. The Kier molecular flexibility index (Phi) is 4.01. The van der Waals surface area contributed by atoms with E-state index in [9.17, 15) is 4.79 Å². The van der Waals surface area contributed by atoms with Crippen LogP contribution in [0.5, 0.6) is 0 Å². The predicted octanol–water partition coefficient (Wildman–Crippen LogP) is 3.47. The quantitative estimate of drug-likeness (QED) is 0.939. The first-order chi connectivity index (χ1) is 10.6. The zero-order valence-corrected chi connectivity index (χ0v) is 13.5. The highest BCUT2D eigenvalue weighted by atomic mass is 16.2. The third kappa shape index (κ3) is 2.78. The molecular formula is C18H23N3O. The third-order valence-electron chi connectivity index (χ3n) is 4.63. The Hall–Kier alpha value is -2.10. The maximum Gasteiger partial charge on any atom is 0.223 e. The van der Waals surface area contributed by atoms with Gasteiger partial charge in [0.25, 0.3) is 0 Å². The number of carbonyl (C=O) groups excluding carboxylic acids is 1. The van der Waals surface area contributed by atoms with Gasteiger partial charge >= 0.3 is 0 Å². The van der Waals surface area contributed by atoms with Crippen molar-refractivity contribution in [3.63, 3.8) is 0 Å². The lowest BCUT2D eigenvalue weighted by molar-refractivity contribution is -0.128. The molecule has 0 spiro atoms. The Bertz CT molecular complexity index is 668. The minimum absolute atomic E-state index is 0.00713. The van der Waals surface area contributed by atoms with Crippen molar-refractivity contribution < 1.29 is 4.79 Å². The van der Waals surface area contributed by atoms with E-state index in [0.717, 1.165) is 29.8 Å². The van der Waals surface area contributed by atoms with Crippen molar-refractivity contribution in [2.24, 2.45) is 5.92 Å². The van der Waals surface area contributed by atoms with Gasteiger partial charge in [0.2, 0.25) is 5.91 Å². The summed E-state index contributed by atoms with van der Waals surface area (Å²) in [5.74, 6) is 0.399. The predicted molar refractivity (Wildman–Crippen MR) is 86.9 cm³/mol. The lowest BCUT2D eigenvalue weighted by atomic mass is 9.84. The molecular weight excluding hydrogens is 274 g/mol. The van der Waals surface area contributed by atoms with Crippen LogP contribution in [-0.4, -0.2) is 15.7 Å². The minimum atomic E-state index is -0.00713. The van der Waals surface area contributed by atoms with E-state index in [-0.39, 0.29) is 17.9 Å². The third-order valence-corrected chi connectivity index (χ3v) is 4.63. The van der Waals surface area contributed by atoms with Crippen molar-refractivity contribution in [1.29, 1.82) is 0 Å². The van der Waals surface area contributed by atoms with Gasteiger partial charge in [0, 0.05) is 17.2 Å². The lowest BCUT2D eigenvalue weighted by Crippen LogP contribution is -2.36. The van der Waals surface area contributed by atoms with Gasteiger partial charge in [0.1, 0.15) is 0 Å². The van der Waals surface area contributed by atoms with Gasteiger partial charge in [0.15, 0.2) is 0 Å². The van der Waals surface area contributed by atoms with Gasteiger partial charge in [0.05, 0.1) is 17.9 Å². The summed E-state index contributed by atoms with van der Waals surface area (Å²) >= 11 is 0. The molecule has 1 N–H and O–H groups in total. The number of aryl methyl sites for hydroxylation is 1. The molecule has 1 heterocycles. The van der Waals surface area contributed by atoms with Crippen LogP contribution >= 0.6 is 0 Å². The highest BCUT2D eigenvalue weighted by Crippen LogP contribution is 2.28. The van der Waals surface area contributed by atoms with Crippen LogP contribution in [0.2, 0.25) is 0 Å². The van der Waals surface area contributed by atoms with Crippen LogP contribution in [0.1, 0.15) is 49.0 Å². The molecule has 0 aliphatic heterocycles. The summed E-state index contributed by atoms with van der Waals surface area (Å²) in [5, 5.41) is 7.61. The van der Waals surface area contributed by atoms with Crippen LogP contribution in [-0.2, 0) is 4.79 Å². The Morgan fingerprint density at radius 1 is 1.27 bits per heavy atom. The Morgan fingerprint density at radius 2 is 1.95 bits per heavy atom. The Morgan fingerprint density at radius 3 is 2.55 bits per heavy atom. The Balaban J connectivity index is 1.77. The van der Waals surface area contributed by atoms with E-state index < -0.39 is 0 Å². The van der Waals surface area contributed by atoms with Crippen molar-refractivity contribution in [1.82, 2.24) is 15.1 Å². The highest BCUT2D eigenvalue weighted by molar-refractivity contribution is 5.79. The summed E-state index contributed by atoms with van der Waals surface area (Å²) < 4.78 is 1.93. The minimum Gasteiger partial charge on any atom is -0.349 e. The van der Waals surface area contributed by atoms with E-state index in [1.807, 2.05) is 24.7 Å². The first-order valence-electron chi connectivity index (χ1n) is 7.98. The zero-order chi connectivity index (χ0) is 15.7. The summed E-state index contributed by atoms with van der Waals surface area (Å²) in [5.41, 5.74) is 4.43. The first-order valence-corrected chi connectivity index (χ1v) is 7.98. The summed E-state index contributed by atoms with van der Waals surface area (Å²) in [6.45, 7) is 6.15. The number of benzene rings is 1.